The second kappa shape index (κ2) is 7.04. The van der Waals surface area contributed by atoms with Gasteiger partial charge in [-0.1, -0.05) is 43.7 Å². The zero-order valence-corrected chi connectivity index (χ0v) is 12.6. The Morgan fingerprint density at radius 1 is 1.05 bits per heavy atom. The lowest BCUT2D eigenvalue weighted by Gasteiger charge is -2.09. The molecule has 1 aromatic heterocycles. The molecule has 106 valence electrons. The first kappa shape index (κ1) is 14.5. The minimum Gasteiger partial charge on any atom is -0.370 e. The van der Waals surface area contributed by atoms with Crippen LogP contribution in [0.4, 0.5) is 5.82 Å². The highest BCUT2D eigenvalue weighted by Crippen LogP contribution is 2.12. The summed E-state index contributed by atoms with van der Waals surface area (Å²) in [6, 6.07) is 10.6. The van der Waals surface area contributed by atoms with Crippen LogP contribution < -0.4 is 5.32 Å². The van der Waals surface area contributed by atoms with Gasteiger partial charge in [-0.25, -0.2) is 9.97 Å². The van der Waals surface area contributed by atoms with Crippen LogP contribution in [-0.4, -0.2) is 16.5 Å². The molecule has 0 atom stereocenters. The molecule has 0 saturated heterocycles. The summed E-state index contributed by atoms with van der Waals surface area (Å²) in [5.41, 5.74) is 3.63. The molecule has 0 saturated carbocycles. The van der Waals surface area contributed by atoms with Crippen molar-refractivity contribution in [3.63, 3.8) is 0 Å². The van der Waals surface area contributed by atoms with Crippen LogP contribution in [0.25, 0.3) is 0 Å². The van der Waals surface area contributed by atoms with Gasteiger partial charge in [0.25, 0.3) is 0 Å². The van der Waals surface area contributed by atoms with Crippen molar-refractivity contribution in [2.24, 2.45) is 0 Å². The Labute approximate surface area is 121 Å². The van der Waals surface area contributed by atoms with E-state index in [2.05, 4.69) is 60.3 Å². The number of rotatable bonds is 6. The fourth-order valence-electron chi connectivity index (χ4n) is 2.04. The molecule has 0 aliphatic carbocycles. The molecule has 2 aromatic rings. The third kappa shape index (κ3) is 4.05. The lowest BCUT2D eigenvalue weighted by atomic mass is 10.1. The molecule has 3 nitrogen and oxygen atoms in total. The Morgan fingerprint density at radius 3 is 2.45 bits per heavy atom. The summed E-state index contributed by atoms with van der Waals surface area (Å²) in [4.78, 5) is 9.24. The molecule has 0 aliphatic heterocycles. The topological polar surface area (TPSA) is 37.8 Å². The van der Waals surface area contributed by atoms with E-state index < -0.39 is 0 Å². The predicted octanol–water partition coefficient (Wildman–Crippen LogP) is 3.76. The fraction of sp³-hybridized carbons (Fsp3) is 0.412. The van der Waals surface area contributed by atoms with Gasteiger partial charge in [0.05, 0.1) is 0 Å². The summed E-state index contributed by atoms with van der Waals surface area (Å²) in [6.07, 6.45) is 2.82. The summed E-state index contributed by atoms with van der Waals surface area (Å²) >= 11 is 0. The fourth-order valence-corrected chi connectivity index (χ4v) is 2.04. The first-order valence-corrected chi connectivity index (χ1v) is 7.37. The maximum atomic E-state index is 4.63. The summed E-state index contributed by atoms with van der Waals surface area (Å²) in [6.45, 7) is 7.33. The molecule has 0 unspecified atom stereocenters. The van der Waals surface area contributed by atoms with Crippen LogP contribution in [0.5, 0.6) is 0 Å². The van der Waals surface area contributed by atoms with Crippen LogP contribution in [0.3, 0.4) is 0 Å². The van der Waals surface area contributed by atoms with Gasteiger partial charge >= 0.3 is 0 Å². The first-order chi connectivity index (χ1) is 9.71. The molecule has 0 fully saturated rings. The summed E-state index contributed by atoms with van der Waals surface area (Å²) in [7, 11) is 0. The van der Waals surface area contributed by atoms with Gasteiger partial charge in [0.2, 0.25) is 0 Å². The van der Waals surface area contributed by atoms with Crippen molar-refractivity contribution in [3.8, 4) is 0 Å². The smallest absolute Gasteiger partial charge is 0.135 e. The third-order valence-electron chi connectivity index (χ3n) is 3.23. The third-order valence-corrected chi connectivity index (χ3v) is 3.23. The Balaban J connectivity index is 2.19. The Kier molecular flexibility index (Phi) is 5.10. The largest absolute Gasteiger partial charge is 0.370 e. The van der Waals surface area contributed by atoms with Crippen LogP contribution in [0.15, 0.2) is 30.3 Å². The summed E-state index contributed by atoms with van der Waals surface area (Å²) < 4.78 is 0. The molecule has 0 spiro atoms. The van der Waals surface area contributed by atoms with E-state index in [9.17, 15) is 0 Å². The Hall–Kier alpha value is -1.90. The van der Waals surface area contributed by atoms with Crippen LogP contribution in [-0.2, 0) is 12.8 Å². The van der Waals surface area contributed by atoms with Crippen LogP contribution in [0.1, 0.15) is 42.9 Å². The van der Waals surface area contributed by atoms with E-state index in [1.807, 2.05) is 6.07 Å². The van der Waals surface area contributed by atoms with Crippen molar-refractivity contribution < 1.29 is 0 Å². The zero-order valence-electron chi connectivity index (χ0n) is 12.6. The second-order valence-electron chi connectivity index (χ2n) is 5.10. The van der Waals surface area contributed by atoms with E-state index >= 15 is 0 Å². The van der Waals surface area contributed by atoms with E-state index in [4.69, 9.17) is 0 Å². The second-order valence-corrected chi connectivity index (χ2v) is 5.10. The number of aromatic nitrogens is 2. The maximum Gasteiger partial charge on any atom is 0.135 e. The van der Waals surface area contributed by atoms with Crippen molar-refractivity contribution in [1.29, 1.82) is 0 Å². The van der Waals surface area contributed by atoms with E-state index in [0.29, 0.717) is 0 Å². The number of aryl methyl sites for hydroxylation is 2. The standard InChI is InChI=1S/C17H23N3/c1-4-10-18-16-12-15(5-2)19-17(20-16)11-14-8-6-13(3)7-9-14/h6-9,12H,4-5,10-11H2,1-3H3,(H,18,19,20). The van der Waals surface area contributed by atoms with Gasteiger partial charge in [0, 0.05) is 24.7 Å². The number of hydrogen-bond acceptors (Lipinski definition) is 3. The van der Waals surface area contributed by atoms with E-state index in [0.717, 1.165) is 43.1 Å². The van der Waals surface area contributed by atoms with Gasteiger partial charge in [0.1, 0.15) is 11.6 Å². The lowest BCUT2D eigenvalue weighted by molar-refractivity contribution is 0.892. The van der Waals surface area contributed by atoms with Gasteiger partial charge in [-0.2, -0.15) is 0 Å². The molecule has 1 heterocycles. The van der Waals surface area contributed by atoms with Crippen LogP contribution >= 0.6 is 0 Å². The molecule has 1 N–H and O–H groups in total. The van der Waals surface area contributed by atoms with Crippen LogP contribution in [0.2, 0.25) is 0 Å². The van der Waals surface area contributed by atoms with E-state index in [1.54, 1.807) is 0 Å². The molecular weight excluding hydrogens is 246 g/mol. The molecule has 0 bridgehead atoms. The van der Waals surface area contributed by atoms with Gasteiger partial charge in [-0.05, 0) is 25.3 Å². The molecular formula is C17H23N3. The highest BCUT2D eigenvalue weighted by atomic mass is 15.0. The molecule has 0 aliphatic rings. The molecule has 0 radical (unpaired) electrons. The summed E-state index contributed by atoms with van der Waals surface area (Å²) in [5.74, 6) is 1.84. The monoisotopic (exact) mass is 269 g/mol. The molecule has 0 amide bonds. The molecule has 20 heavy (non-hydrogen) atoms. The number of anilines is 1. The van der Waals surface area contributed by atoms with E-state index in [-0.39, 0.29) is 0 Å². The van der Waals surface area contributed by atoms with Crippen molar-refractivity contribution >= 4 is 5.82 Å². The maximum absolute atomic E-state index is 4.63. The average molecular weight is 269 g/mol. The minimum absolute atomic E-state index is 0.787. The van der Waals surface area contributed by atoms with Gasteiger partial charge in [0.15, 0.2) is 0 Å². The van der Waals surface area contributed by atoms with Crippen molar-refractivity contribution in [3.05, 3.63) is 53.0 Å². The normalized spacial score (nSPS) is 10.6. The van der Waals surface area contributed by atoms with Crippen LogP contribution in [0, 0.1) is 6.92 Å². The van der Waals surface area contributed by atoms with Gasteiger partial charge in [-0.15, -0.1) is 0 Å². The predicted molar refractivity (Wildman–Crippen MR) is 84.2 cm³/mol. The van der Waals surface area contributed by atoms with Crippen molar-refractivity contribution in [2.45, 2.75) is 40.0 Å². The SMILES string of the molecule is CCCNc1cc(CC)nc(Cc2ccc(C)cc2)n1. The summed E-state index contributed by atoms with van der Waals surface area (Å²) in [5, 5.41) is 3.35. The minimum atomic E-state index is 0.787. The highest BCUT2D eigenvalue weighted by Gasteiger charge is 2.05. The van der Waals surface area contributed by atoms with Gasteiger partial charge in [-0.3, -0.25) is 0 Å². The zero-order chi connectivity index (χ0) is 14.4. The Morgan fingerprint density at radius 2 is 1.80 bits per heavy atom. The van der Waals surface area contributed by atoms with Crippen molar-refractivity contribution in [2.75, 3.05) is 11.9 Å². The Bertz CT molecular complexity index is 547. The van der Waals surface area contributed by atoms with E-state index in [1.165, 1.54) is 11.1 Å². The quantitative estimate of drug-likeness (QED) is 0.867. The number of nitrogens with zero attached hydrogens (tertiary/aromatic N) is 2. The molecule has 2 rings (SSSR count). The number of nitrogens with one attached hydrogen (secondary N) is 1. The lowest BCUT2D eigenvalue weighted by Crippen LogP contribution is -2.07. The number of hydrogen-bond donors (Lipinski definition) is 1. The molecule has 1 aromatic carbocycles. The van der Waals surface area contributed by atoms with Crippen molar-refractivity contribution in [1.82, 2.24) is 9.97 Å². The number of benzene rings is 1. The molecule has 3 heteroatoms. The van der Waals surface area contributed by atoms with Gasteiger partial charge < -0.3 is 5.32 Å². The first-order valence-electron chi connectivity index (χ1n) is 7.37. The highest BCUT2D eigenvalue weighted by molar-refractivity contribution is 5.37. The average Bonchev–Trinajstić information content (AvgIpc) is 2.47.